The Labute approximate surface area is 228 Å². The molecule has 2 N–H and O–H groups in total. The quantitative estimate of drug-likeness (QED) is 0.353. The Kier molecular flexibility index (Phi) is 8.28. The number of amides is 1. The lowest BCUT2D eigenvalue weighted by Crippen LogP contribution is -2.37. The Morgan fingerprint density at radius 2 is 1.82 bits per heavy atom. The van der Waals surface area contributed by atoms with Crippen LogP contribution in [0.2, 0.25) is 0 Å². The first-order valence-electron chi connectivity index (χ1n) is 13.5. The molecule has 1 amide bonds. The zero-order chi connectivity index (χ0) is 26.5. The summed E-state index contributed by atoms with van der Waals surface area (Å²) in [7, 11) is 0. The van der Waals surface area contributed by atoms with Crippen LogP contribution in [0.25, 0.3) is 0 Å². The summed E-state index contributed by atoms with van der Waals surface area (Å²) in [6, 6.07) is 9.61. The predicted octanol–water partition coefficient (Wildman–Crippen LogP) is 4.48. The zero-order valence-electron chi connectivity index (χ0n) is 22.3. The van der Waals surface area contributed by atoms with E-state index >= 15 is 0 Å². The number of rotatable bonds is 9. The molecule has 1 aliphatic carbocycles. The summed E-state index contributed by atoms with van der Waals surface area (Å²) < 4.78 is 13.7. The van der Waals surface area contributed by atoms with Crippen molar-refractivity contribution in [1.82, 2.24) is 4.98 Å². The minimum absolute atomic E-state index is 0.179. The Morgan fingerprint density at radius 3 is 2.53 bits per heavy atom. The number of benzene rings is 1. The second-order valence-electron chi connectivity index (χ2n) is 10.3. The van der Waals surface area contributed by atoms with Gasteiger partial charge in [-0.1, -0.05) is 6.07 Å². The summed E-state index contributed by atoms with van der Waals surface area (Å²) >= 11 is 1.29. The van der Waals surface area contributed by atoms with E-state index in [2.05, 4.69) is 19.8 Å². The fraction of sp³-hybridized carbons (Fsp3) is 0.536. The molecule has 1 aromatic carbocycles. The van der Waals surface area contributed by atoms with Crippen LogP contribution in [0, 0.1) is 12.3 Å². The van der Waals surface area contributed by atoms with Gasteiger partial charge in [0.05, 0.1) is 31.1 Å². The number of carbonyl (C=O) groups is 2. The molecule has 0 unspecified atom stereocenters. The van der Waals surface area contributed by atoms with Gasteiger partial charge in [0.1, 0.15) is 17.4 Å². The molecule has 2 aromatic rings. The molecular formula is C28H37N5O4S. The normalized spacial score (nSPS) is 18.3. The van der Waals surface area contributed by atoms with Crippen LogP contribution in [0.3, 0.4) is 0 Å². The van der Waals surface area contributed by atoms with Crippen LogP contribution in [0.5, 0.6) is 0 Å². The van der Waals surface area contributed by atoms with Crippen molar-refractivity contribution in [3.05, 3.63) is 41.5 Å². The molecule has 38 heavy (non-hydrogen) atoms. The monoisotopic (exact) mass is 539 g/mol. The number of aryl methyl sites for hydroxylation is 1. The lowest BCUT2D eigenvalue weighted by atomic mass is 9.93. The highest BCUT2D eigenvalue weighted by atomic mass is 32.2. The Bertz CT molecular complexity index is 1160. The van der Waals surface area contributed by atoms with E-state index in [9.17, 15) is 9.59 Å². The van der Waals surface area contributed by atoms with E-state index in [1.807, 2.05) is 37.3 Å². The fourth-order valence-corrected chi connectivity index (χ4v) is 5.76. The second kappa shape index (κ2) is 11.8. The maximum Gasteiger partial charge on any atom is 0.317 e. The number of aromatic nitrogens is 1. The van der Waals surface area contributed by atoms with Gasteiger partial charge in [0.2, 0.25) is 0 Å². The molecule has 5 rings (SSSR count). The molecule has 1 saturated carbocycles. The molecule has 2 saturated heterocycles. The van der Waals surface area contributed by atoms with Crippen LogP contribution in [-0.2, 0) is 14.3 Å². The zero-order valence-corrected chi connectivity index (χ0v) is 23.1. The number of carbonyl (C=O) groups excluding carboxylic acids is 2. The van der Waals surface area contributed by atoms with Crippen molar-refractivity contribution in [1.29, 1.82) is 0 Å². The third kappa shape index (κ3) is 6.35. The van der Waals surface area contributed by atoms with Gasteiger partial charge in [-0.3, -0.25) is 9.59 Å². The van der Waals surface area contributed by atoms with Crippen molar-refractivity contribution in [2.24, 2.45) is 5.41 Å². The van der Waals surface area contributed by atoms with Gasteiger partial charge in [0.15, 0.2) is 0 Å². The number of pyridine rings is 1. The number of nitrogens with one attached hydrogen (secondary N) is 2. The van der Waals surface area contributed by atoms with E-state index in [1.54, 1.807) is 6.92 Å². The summed E-state index contributed by atoms with van der Waals surface area (Å²) in [4.78, 5) is 34.6. The first-order valence-corrected chi connectivity index (χ1v) is 14.5. The maximum atomic E-state index is 13.6. The molecule has 1 spiro atoms. The van der Waals surface area contributed by atoms with Crippen LogP contribution in [-0.4, -0.2) is 68.6 Å². The molecule has 0 radical (unpaired) electrons. The average Bonchev–Trinajstić information content (AvgIpc) is 3.69. The molecule has 1 aromatic heterocycles. The van der Waals surface area contributed by atoms with Gasteiger partial charge in [-0.15, -0.1) is 0 Å². The molecule has 10 heteroatoms. The molecule has 3 fully saturated rings. The molecule has 0 atom stereocenters. The minimum Gasteiger partial charge on any atom is -0.465 e. The standard InChI is InChI=1S/C28H37N5O4S/c1-3-37-25(34)19-38-31-21-5-6-22(23(18-21)32-12-10-28(8-9-28)11-13-32)27(35)30-24-7-4-20(2)26(29-24)33-14-16-36-17-15-33/h4-7,18,31H,3,8-17,19H2,1-2H3,(H,29,30,35). The van der Waals surface area contributed by atoms with Gasteiger partial charge < -0.3 is 29.3 Å². The molecule has 3 aliphatic rings. The molecular weight excluding hydrogens is 502 g/mol. The molecule has 0 bridgehead atoms. The Hall–Kier alpha value is -2.98. The molecule has 204 valence electrons. The number of hydrogen-bond acceptors (Lipinski definition) is 9. The van der Waals surface area contributed by atoms with Crippen molar-refractivity contribution in [3.63, 3.8) is 0 Å². The topological polar surface area (TPSA) is 96.0 Å². The van der Waals surface area contributed by atoms with E-state index in [0.717, 1.165) is 61.8 Å². The van der Waals surface area contributed by atoms with Crippen molar-refractivity contribution in [3.8, 4) is 0 Å². The van der Waals surface area contributed by atoms with Gasteiger partial charge in [-0.25, -0.2) is 4.98 Å². The Balaban J connectivity index is 1.33. The predicted molar refractivity (Wildman–Crippen MR) is 152 cm³/mol. The van der Waals surface area contributed by atoms with Gasteiger partial charge in [-0.2, -0.15) is 0 Å². The van der Waals surface area contributed by atoms with Gasteiger partial charge in [0, 0.05) is 31.9 Å². The summed E-state index contributed by atoms with van der Waals surface area (Å²) in [5.41, 5.74) is 3.98. The number of morpholine rings is 1. The number of piperidine rings is 1. The number of anilines is 4. The van der Waals surface area contributed by atoms with Crippen LogP contribution in [0.4, 0.5) is 23.0 Å². The van der Waals surface area contributed by atoms with Crippen LogP contribution >= 0.6 is 11.9 Å². The maximum absolute atomic E-state index is 13.6. The summed E-state index contributed by atoms with van der Waals surface area (Å²) in [6.07, 6.45) is 4.97. The van der Waals surface area contributed by atoms with Crippen LogP contribution < -0.4 is 19.8 Å². The summed E-state index contributed by atoms with van der Waals surface area (Å²) in [5.74, 6) is 1.20. The lowest BCUT2D eigenvalue weighted by Gasteiger charge is -2.35. The van der Waals surface area contributed by atoms with Crippen molar-refractivity contribution < 1.29 is 19.1 Å². The van der Waals surface area contributed by atoms with E-state index < -0.39 is 0 Å². The number of esters is 1. The van der Waals surface area contributed by atoms with Gasteiger partial charge in [0.25, 0.3) is 5.91 Å². The summed E-state index contributed by atoms with van der Waals surface area (Å²) in [6.45, 7) is 9.00. The third-order valence-electron chi connectivity index (χ3n) is 7.67. The van der Waals surface area contributed by atoms with Gasteiger partial charge in [-0.05, 0) is 86.7 Å². The highest BCUT2D eigenvalue weighted by Crippen LogP contribution is 2.54. The van der Waals surface area contributed by atoms with Crippen LogP contribution in [0.1, 0.15) is 48.5 Å². The SMILES string of the molecule is CCOC(=O)CSNc1ccc(C(=O)Nc2ccc(C)c(N3CCOCC3)n2)c(N2CCC3(CC2)CC3)c1. The average molecular weight is 540 g/mol. The number of hydrogen-bond donors (Lipinski definition) is 2. The molecule has 9 nitrogen and oxygen atoms in total. The van der Waals surface area contributed by atoms with Crippen molar-refractivity contribution in [2.45, 2.75) is 39.5 Å². The molecule has 2 aliphatic heterocycles. The van der Waals surface area contributed by atoms with E-state index in [1.165, 1.54) is 24.8 Å². The Morgan fingerprint density at radius 1 is 1.05 bits per heavy atom. The molecule has 3 heterocycles. The highest BCUT2D eigenvalue weighted by molar-refractivity contribution is 8.01. The summed E-state index contributed by atoms with van der Waals surface area (Å²) in [5, 5.41) is 3.04. The van der Waals surface area contributed by atoms with E-state index in [-0.39, 0.29) is 17.6 Å². The first-order chi connectivity index (χ1) is 18.5. The number of ether oxygens (including phenoxy) is 2. The lowest BCUT2D eigenvalue weighted by molar-refractivity contribution is -0.139. The van der Waals surface area contributed by atoms with E-state index in [0.29, 0.717) is 36.6 Å². The number of nitrogens with zero attached hydrogens (tertiary/aromatic N) is 3. The van der Waals surface area contributed by atoms with Crippen LogP contribution in [0.15, 0.2) is 30.3 Å². The third-order valence-corrected chi connectivity index (χ3v) is 8.43. The van der Waals surface area contributed by atoms with Crippen molar-refractivity contribution >= 4 is 46.8 Å². The highest BCUT2D eigenvalue weighted by Gasteiger charge is 2.44. The van der Waals surface area contributed by atoms with E-state index in [4.69, 9.17) is 14.5 Å². The first kappa shape index (κ1) is 26.6. The fourth-order valence-electron chi connectivity index (χ4n) is 5.20. The largest absolute Gasteiger partial charge is 0.465 e. The smallest absolute Gasteiger partial charge is 0.317 e. The van der Waals surface area contributed by atoms with Crippen molar-refractivity contribution in [2.75, 3.05) is 71.6 Å². The second-order valence-corrected chi connectivity index (χ2v) is 11.1. The van der Waals surface area contributed by atoms with Gasteiger partial charge >= 0.3 is 5.97 Å². The minimum atomic E-state index is -0.256.